The molecule has 0 aliphatic heterocycles. The van der Waals surface area contributed by atoms with E-state index in [9.17, 15) is 9.18 Å². The van der Waals surface area contributed by atoms with E-state index in [-0.39, 0.29) is 11.7 Å². The van der Waals surface area contributed by atoms with Crippen LogP contribution in [0.2, 0.25) is 0 Å². The van der Waals surface area contributed by atoms with Crippen LogP contribution in [-0.2, 0) is 17.8 Å². The van der Waals surface area contributed by atoms with Crippen molar-refractivity contribution in [2.75, 3.05) is 20.3 Å². The van der Waals surface area contributed by atoms with E-state index in [2.05, 4.69) is 4.57 Å². The Hall–Kier alpha value is -2.92. The molecule has 0 radical (unpaired) electrons. The molecule has 0 spiro atoms. The SMILES string of the molecule is COCCCN(Cc1cccn1Cc1cccc(F)c1)C(=O)c1ccccc1. The number of aromatic nitrogens is 1. The average Bonchev–Trinajstić information content (AvgIpc) is 3.14. The van der Waals surface area contributed by atoms with Gasteiger partial charge in [0.2, 0.25) is 0 Å². The molecule has 5 heteroatoms. The largest absolute Gasteiger partial charge is 0.385 e. The minimum atomic E-state index is -0.244. The molecule has 0 saturated carbocycles. The Morgan fingerprint density at radius 3 is 2.64 bits per heavy atom. The van der Waals surface area contributed by atoms with Gasteiger partial charge in [-0.05, 0) is 48.4 Å². The lowest BCUT2D eigenvalue weighted by Gasteiger charge is -2.24. The number of hydrogen-bond acceptors (Lipinski definition) is 2. The zero-order valence-electron chi connectivity index (χ0n) is 16.1. The minimum Gasteiger partial charge on any atom is -0.385 e. The predicted octanol–water partition coefficient (Wildman–Crippen LogP) is 4.35. The van der Waals surface area contributed by atoms with Crippen molar-refractivity contribution in [3.05, 3.63) is 95.6 Å². The third kappa shape index (κ3) is 5.30. The van der Waals surface area contributed by atoms with Gasteiger partial charge in [0.25, 0.3) is 5.91 Å². The summed E-state index contributed by atoms with van der Waals surface area (Å²) in [6.45, 7) is 2.25. The van der Waals surface area contributed by atoms with Gasteiger partial charge in [-0.25, -0.2) is 4.39 Å². The van der Waals surface area contributed by atoms with E-state index in [1.54, 1.807) is 13.2 Å². The van der Waals surface area contributed by atoms with Crippen molar-refractivity contribution in [3.8, 4) is 0 Å². The van der Waals surface area contributed by atoms with Crippen molar-refractivity contribution in [2.24, 2.45) is 0 Å². The molecule has 1 heterocycles. The molecule has 0 fully saturated rings. The highest BCUT2D eigenvalue weighted by Crippen LogP contribution is 2.14. The number of benzene rings is 2. The zero-order chi connectivity index (χ0) is 19.8. The molecule has 0 aliphatic carbocycles. The third-order valence-electron chi connectivity index (χ3n) is 4.60. The molecule has 0 atom stereocenters. The van der Waals surface area contributed by atoms with Crippen molar-refractivity contribution in [1.82, 2.24) is 9.47 Å². The lowest BCUT2D eigenvalue weighted by molar-refractivity contribution is 0.0720. The van der Waals surface area contributed by atoms with Crippen molar-refractivity contribution >= 4 is 5.91 Å². The van der Waals surface area contributed by atoms with Crippen LogP contribution < -0.4 is 0 Å². The first kappa shape index (κ1) is 19.8. The Morgan fingerprint density at radius 1 is 1.07 bits per heavy atom. The van der Waals surface area contributed by atoms with Crippen molar-refractivity contribution in [3.63, 3.8) is 0 Å². The van der Waals surface area contributed by atoms with Crippen LogP contribution >= 0.6 is 0 Å². The molecule has 0 aliphatic rings. The lowest BCUT2D eigenvalue weighted by atomic mass is 10.2. The monoisotopic (exact) mass is 380 g/mol. The lowest BCUT2D eigenvalue weighted by Crippen LogP contribution is -2.33. The van der Waals surface area contributed by atoms with Crippen LogP contribution in [-0.4, -0.2) is 35.6 Å². The minimum absolute atomic E-state index is 0.00444. The highest BCUT2D eigenvalue weighted by molar-refractivity contribution is 5.94. The number of ether oxygens (including phenoxy) is 1. The molecule has 0 unspecified atom stereocenters. The molecule has 0 saturated heterocycles. The number of carbonyl (C=O) groups excluding carboxylic acids is 1. The van der Waals surface area contributed by atoms with Gasteiger partial charge < -0.3 is 14.2 Å². The maximum atomic E-state index is 13.5. The van der Waals surface area contributed by atoms with E-state index in [0.29, 0.717) is 31.8 Å². The van der Waals surface area contributed by atoms with E-state index in [1.165, 1.54) is 12.1 Å². The molecule has 1 amide bonds. The van der Waals surface area contributed by atoms with E-state index in [1.807, 2.05) is 59.6 Å². The smallest absolute Gasteiger partial charge is 0.254 e. The van der Waals surface area contributed by atoms with Crippen molar-refractivity contribution in [2.45, 2.75) is 19.5 Å². The summed E-state index contributed by atoms with van der Waals surface area (Å²) in [7, 11) is 1.66. The predicted molar refractivity (Wildman–Crippen MR) is 108 cm³/mol. The normalized spacial score (nSPS) is 10.8. The van der Waals surface area contributed by atoms with E-state index in [0.717, 1.165) is 17.7 Å². The first-order valence-electron chi connectivity index (χ1n) is 9.39. The van der Waals surface area contributed by atoms with E-state index in [4.69, 9.17) is 4.74 Å². The molecular weight excluding hydrogens is 355 g/mol. The van der Waals surface area contributed by atoms with E-state index >= 15 is 0 Å². The summed E-state index contributed by atoms with van der Waals surface area (Å²) in [6, 6.07) is 19.8. The molecule has 146 valence electrons. The second-order valence-corrected chi connectivity index (χ2v) is 6.70. The van der Waals surface area contributed by atoms with Crippen LogP contribution in [0.5, 0.6) is 0 Å². The number of amides is 1. The third-order valence-corrected chi connectivity index (χ3v) is 4.60. The van der Waals surface area contributed by atoms with Gasteiger partial charge in [-0.2, -0.15) is 0 Å². The van der Waals surface area contributed by atoms with Crippen molar-refractivity contribution in [1.29, 1.82) is 0 Å². The van der Waals surface area contributed by atoms with Crippen LogP contribution in [0.3, 0.4) is 0 Å². The number of hydrogen-bond donors (Lipinski definition) is 0. The Bertz CT molecular complexity index is 892. The molecule has 3 rings (SSSR count). The molecule has 2 aromatic carbocycles. The maximum Gasteiger partial charge on any atom is 0.254 e. The fourth-order valence-electron chi connectivity index (χ4n) is 3.19. The van der Waals surface area contributed by atoms with Gasteiger partial charge in [-0.1, -0.05) is 30.3 Å². The van der Waals surface area contributed by atoms with E-state index < -0.39 is 0 Å². The molecule has 3 aromatic rings. The standard InChI is InChI=1S/C23H25FN2O2/c1-28-15-7-14-26(23(27)20-9-3-2-4-10-20)18-22-12-6-13-25(22)17-19-8-5-11-21(24)16-19/h2-6,8-13,16H,7,14-15,17-18H2,1H3. The second kappa shape index (κ2) is 9.85. The number of halogens is 1. The Morgan fingerprint density at radius 2 is 1.89 bits per heavy atom. The maximum absolute atomic E-state index is 13.5. The first-order chi connectivity index (χ1) is 13.7. The summed E-state index contributed by atoms with van der Waals surface area (Å²) < 4.78 is 20.7. The number of methoxy groups -OCH3 is 1. The Kier molecular flexibility index (Phi) is 6.98. The fourth-order valence-corrected chi connectivity index (χ4v) is 3.19. The van der Waals surface area contributed by atoms with Gasteiger partial charge in [0.15, 0.2) is 0 Å². The second-order valence-electron chi connectivity index (χ2n) is 6.70. The van der Waals surface area contributed by atoms with Crippen LogP contribution in [0.25, 0.3) is 0 Å². The summed E-state index contributed by atoms with van der Waals surface area (Å²) in [6.07, 6.45) is 2.72. The van der Waals surface area contributed by atoms with Gasteiger partial charge in [0, 0.05) is 44.3 Å². The molecule has 0 bridgehead atoms. The Labute approximate surface area is 165 Å². The number of rotatable bonds is 9. The van der Waals surface area contributed by atoms with Gasteiger partial charge in [0.1, 0.15) is 5.82 Å². The summed E-state index contributed by atoms with van der Waals surface area (Å²) >= 11 is 0. The molecular formula is C23H25FN2O2. The summed E-state index contributed by atoms with van der Waals surface area (Å²) in [4.78, 5) is 14.8. The molecule has 28 heavy (non-hydrogen) atoms. The van der Waals surface area contributed by atoms with Crippen LogP contribution in [0.1, 0.15) is 28.0 Å². The van der Waals surface area contributed by atoms with Crippen molar-refractivity contribution < 1.29 is 13.9 Å². The van der Waals surface area contributed by atoms with Gasteiger partial charge in [0.05, 0.1) is 6.54 Å². The fraction of sp³-hybridized carbons (Fsp3) is 0.261. The summed E-state index contributed by atoms with van der Waals surface area (Å²) in [5, 5.41) is 0. The number of nitrogens with zero attached hydrogens (tertiary/aromatic N) is 2. The highest BCUT2D eigenvalue weighted by atomic mass is 19.1. The van der Waals surface area contributed by atoms with Crippen LogP contribution in [0.15, 0.2) is 72.9 Å². The highest BCUT2D eigenvalue weighted by Gasteiger charge is 2.17. The Balaban J connectivity index is 1.77. The molecule has 4 nitrogen and oxygen atoms in total. The van der Waals surface area contributed by atoms with Crippen LogP contribution in [0, 0.1) is 5.82 Å². The summed E-state index contributed by atoms with van der Waals surface area (Å²) in [5.74, 6) is -0.248. The van der Waals surface area contributed by atoms with Gasteiger partial charge in [-0.15, -0.1) is 0 Å². The molecule has 1 aromatic heterocycles. The first-order valence-corrected chi connectivity index (χ1v) is 9.39. The van der Waals surface area contributed by atoms with Gasteiger partial charge >= 0.3 is 0 Å². The van der Waals surface area contributed by atoms with Gasteiger partial charge in [-0.3, -0.25) is 4.79 Å². The quantitative estimate of drug-likeness (QED) is 0.517. The number of carbonyl (C=O) groups is 1. The molecule has 0 N–H and O–H groups in total. The average molecular weight is 380 g/mol. The van der Waals surface area contributed by atoms with Crippen LogP contribution in [0.4, 0.5) is 4.39 Å². The topological polar surface area (TPSA) is 34.5 Å². The summed E-state index contributed by atoms with van der Waals surface area (Å²) in [5.41, 5.74) is 2.56. The zero-order valence-corrected chi connectivity index (χ0v) is 16.1.